The molecule has 7 heteroatoms. The molecule has 0 radical (unpaired) electrons. The first-order valence-electron chi connectivity index (χ1n) is 7.88. The van der Waals surface area contributed by atoms with E-state index in [1.54, 1.807) is 61.7 Å². The fourth-order valence-electron chi connectivity index (χ4n) is 2.38. The lowest BCUT2D eigenvalue weighted by Gasteiger charge is -2.07. The summed E-state index contributed by atoms with van der Waals surface area (Å²) in [6.45, 7) is 0. The summed E-state index contributed by atoms with van der Waals surface area (Å²) in [7, 11) is 3.11. The predicted octanol–water partition coefficient (Wildman–Crippen LogP) is 5.02. The molecule has 0 saturated heterocycles. The number of esters is 1. The van der Waals surface area contributed by atoms with Crippen molar-refractivity contribution in [2.24, 2.45) is 4.99 Å². The molecule has 0 fully saturated rings. The number of carbonyl (C=O) groups excluding carboxylic acids is 1. The molecule has 0 unspecified atom stereocenters. The quantitative estimate of drug-likeness (QED) is 0.519. The molecule has 0 amide bonds. The molecule has 0 saturated carbocycles. The van der Waals surface area contributed by atoms with Crippen LogP contribution in [0.4, 0.5) is 0 Å². The minimum atomic E-state index is -0.547. The van der Waals surface area contributed by atoms with Crippen LogP contribution >= 0.6 is 23.2 Å². The van der Waals surface area contributed by atoms with Crippen LogP contribution in [-0.2, 0) is 9.53 Å². The van der Waals surface area contributed by atoms with Gasteiger partial charge < -0.3 is 14.2 Å². The van der Waals surface area contributed by atoms with Crippen LogP contribution in [0.2, 0.25) is 10.0 Å². The van der Waals surface area contributed by atoms with Gasteiger partial charge in [0.25, 0.3) is 0 Å². The van der Waals surface area contributed by atoms with E-state index in [9.17, 15) is 4.79 Å². The lowest BCUT2D eigenvalue weighted by Crippen LogP contribution is -2.01. The number of hydrogen-bond acceptors (Lipinski definition) is 5. The summed E-state index contributed by atoms with van der Waals surface area (Å²) in [4.78, 5) is 16.3. The minimum absolute atomic E-state index is 0.167. The van der Waals surface area contributed by atoms with Crippen LogP contribution in [-0.4, -0.2) is 26.1 Å². The summed E-state index contributed by atoms with van der Waals surface area (Å²) in [5.41, 5.74) is 1.58. The SMILES string of the molecule is COc1ccc(C=C2N=C(C=Cc3ccc(Cl)cc3Cl)OC2=O)c(OC)c1. The van der Waals surface area contributed by atoms with E-state index in [1.165, 1.54) is 7.11 Å². The van der Waals surface area contributed by atoms with Gasteiger partial charge in [0.05, 0.1) is 14.2 Å². The number of carbonyl (C=O) groups is 1. The Hall–Kier alpha value is -2.76. The summed E-state index contributed by atoms with van der Waals surface area (Å²) in [5.74, 6) is 0.830. The second-order valence-electron chi connectivity index (χ2n) is 5.48. The molecule has 0 aliphatic carbocycles. The molecule has 0 spiro atoms. The Labute approximate surface area is 166 Å². The van der Waals surface area contributed by atoms with Crippen molar-refractivity contribution < 1.29 is 19.0 Å². The van der Waals surface area contributed by atoms with E-state index in [0.29, 0.717) is 27.1 Å². The van der Waals surface area contributed by atoms with Gasteiger partial charge in [-0.05, 0) is 42.0 Å². The first-order chi connectivity index (χ1) is 13.0. The van der Waals surface area contributed by atoms with E-state index in [-0.39, 0.29) is 11.6 Å². The third-order valence-corrected chi connectivity index (χ3v) is 4.30. The molecule has 0 N–H and O–H groups in total. The van der Waals surface area contributed by atoms with E-state index in [2.05, 4.69) is 4.99 Å². The largest absolute Gasteiger partial charge is 0.497 e. The third-order valence-electron chi connectivity index (χ3n) is 3.74. The molecule has 2 aromatic rings. The first-order valence-corrected chi connectivity index (χ1v) is 8.63. The Morgan fingerprint density at radius 1 is 1.00 bits per heavy atom. The highest BCUT2D eigenvalue weighted by Gasteiger charge is 2.22. The first kappa shape index (κ1) is 19.0. The van der Waals surface area contributed by atoms with Crippen molar-refractivity contribution in [3.05, 3.63) is 69.3 Å². The summed E-state index contributed by atoms with van der Waals surface area (Å²) in [6.07, 6.45) is 4.86. The zero-order valence-electron chi connectivity index (χ0n) is 14.5. The summed E-state index contributed by atoms with van der Waals surface area (Å²) in [6, 6.07) is 10.4. The Morgan fingerprint density at radius 2 is 1.78 bits per heavy atom. The predicted molar refractivity (Wildman–Crippen MR) is 107 cm³/mol. The molecule has 138 valence electrons. The van der Waals surface area contributed by atoms with Crippen LogP contribution in [0, 0.1) is 0 Å². The van der Waals surface area contributed by atoms with Gasteiger partial charge >= 0.3 is 5.97 Å². The van der Waals surface area contributed by atoms with Crippen LogP contribution in [0.3, 0.4) is 0 Å². The Balaban J connectivity index is 1.86. The molecule has 2 aromatic carbocycles. The minimum Gasteiger partial charge on any atom is -0.497 e. The van der Waals surface area contributed by atoms with Crippen LogP contribution in [0.25, 0.3) is 12.2 Å². The number of ether oxygens (including phenoxy) is 3. The topological polar surface area (TPSA) is 57.1 Å². The van der Waals surface area contributed by atoms with Gasteiger partial charge in [0.15, 0.2) is 5.70 Å². The van der Waals surface area contributed by atoms with Crippen LogP contribution < -0.4 is 9.47 Å². The standard InChI is InChI=1S/C20H15Cl2NO4/c1-25-15-7-4-13(18(11-15)26-2)9-17-20(24)27-19(23-17)8-5-12-3-6-14(21)10-16(12)22/h3-11H,1-2H3. The zero-order valence-corrected chi connectivity index (χ0v) is 16.0. The van der Waals surface area contributed by atoms with E-state index >= 15 is 0 Å². The number of hydrogen-bond donors (Lipinski definition) is 0. The van der Waals surface area contributed by atoms with Crippen LogP contribution in [0.5, 0.6) is 11.5 Å². The number of rotatable bonds is 5. The highest BCUT2D eigenvalue weighted by atomic mass is 35.5. The monoisotopic (exact) mass is 403 g/mol. The third kappa shape index (κ3) is 4.51. The average Bonchev–Trinajstić information content (AvgIpc) is 3.00. The second-order valence-corrected chi connectivity index (χ2v) is 6.32. The lowest BCUT2D eigenvalue weighted by molar-refractivity contribution is -0.129. The number of aliphatic imine (C=N–C) groups is 1. The van der Waals surface area contributed by atoms with Crippen LogP contribution in [0.15, 0.2) is 53.2 Å². The average molecular weight is 404 g/mol. The molecule has 1 heterocycles. The highest BCUT2D eigenvalue weighted by molar-refractivity contribution is 6.35. The maximum absolute atomic E-state index is 12.1. The molecular weight excluding hydrogens is 389 g/mol. The molecule has 3 rings (SSSR count). The highest BCUT2D eigenvalue weighted by Crippen LogP contribution is 2.28. The molecule has 0 aromatic heterocycles. The maximum Gasteiger partial charge on any atom is 0.363 e. The summed E-state index contributed by atoms with van der Waals surface area (Å²) in [5, 5.41) is 1.03. The van der Waals surface area contributed by atoms with Crippen molar-refractivity contribution in [2.75, 3.05) is 14.2 Å². The molecule has 0 atom stereocenters. The van der Waals surface area contributed by atoms with Crippen molar-refractivity contribution in [1.29, 1.82) is 0 Å². The van der Waals surface area contributed by atoms with Gasteiger partial charge in [-0.3, -0.25) is 0 Å². The normalized spacial score (nSPS) is 15.2. The van der Waals surface area contributed by atoms with E-state index in [0.717, 1.165) is 5.56 Å². The van der Waals surface area contributed by atoms with E-state index in [1.807, 2.05) is 0 Å². The molecular formula is C20H15Cl2NO4. The molecule has 1 aliphatic heterocycles. The fraction of sp³-hybridized carbons (Fsp3) is 0.100. The number of benzene rings is 2. The number of halogens is 2. The molecule has 0 bridgehead atoms. The van der Waals surface area contributed by atoms with E-state index < -0.39 is 5.97 Å². The van der Waals surface area contributed by atoms with Gasteiger partial charge in [-0.25, -0.2) is 9.79 Å². The van der Waals surface area contributed by atoms with Crippen molar-refractivity contribution in [1.82, 2.24) is 0 Å². The Bertz CT molecular complexity index is 980. The second kappa shape index (κ2) is 8.29. The lowest BCUT2D eigenvalue weighted by atomic mass is 10.1. The molecule has 5 nitrogen and oxygen atoms in total. The number of cyclic esters (lactones) is 1. The van der Waals surface area contributed by atoms with Crippen molar-refractivity contribution in [2.45, 2.75) is 0 Å². The Morgan fingerprint density at radius 3 is 2.48 bits per heavy atom. The fourth-order valence-corrected chi connectivity index (χ4v) is 2.85. The van der Waals surface area contributed by atoms with Crippen LogP contribution in [0.1, 0.15) is 11.1 Å². The molecule has 1 aliphatic rings. The zero-order chi connectivity index (χ0) is 19.4. The maximum atomic E-state index is 12.1. The van der Waals surface area contributed by atoms with Gasteiger partial charge in [0.2, 0.25) is 5.90 Å². The number of methoxy groups -OCH3 is 2. The molecule has 27 heavy (non-hydrogen) atoms. The Kier molecular flexibility index (Phi) is 5.84. The van der Waals surface area contributed by atoms with Gasteiger partial charge in [-0.1, -0.05) is 29.3 Å². The number of nitrogens with zero attached hydrogens (tertiary/aromatic N) is 1. The van der Waals surface area contributed by atoms with Crippen molar-refractivity contribution in [3.63, 3.8) is 0 Å². The van der Waals surface area contributed by atoms with Gasteiger partial charge in [-0.2, -0.15) is 0 Å². The van der Waals surface area contributed by atoms with Gasteiger partial charge in [-0.15, -0.1) is 0 Å². The van der Waals surface area contributed by atoms with Gasteiger partial charge in [0, 0.05) is 27.8 Å². The smallest absolute Gasteiger partial charge is 0.363 e. The summed E-state index contributed by atoms with van der Waals surface area (Å²) >= 11 is 12.0. The van der Waals surface area contributed by atoms with Crippen molar-refractivity contribution >= 4 is 47.2 Å². The van der Waals surface area contributed by atoms with E-state index in [4.69, 9.17) is 37.4 Å². The summed E-state index contributed by atoms with van der Waals surface area (Å²) < 4.78 is 15.7. The van der Waals surface area contributed by atoms with Gasteiger partial charge in [0.1, 0.15) is 11.5 Å². The van der Waals surface area contributed by atoms with Crippen molar-refractivity contribution in [3.8, 4) is 11.5 Å².